The Bertz CT molecular complexity index is 1390. The van der Waals surface area contributed by atoms with Gasteiger partial charge in [-0.15, -0.1) is 0 Å². The average molecular weight is 548 g/mol. The van der Waals surface area contributed by atoms with Crippen molar-refractivity contribution >= 4 is 23.1 Å². The highest BCUT2D eigenvalue weighted by atomic mass is 19.4. The maximum Gasteiger partial charge on any atom is 0.418 e. The van der Waals surface area contributed by atoms with Crippen molar-refractivity contribution < 1.29 is 45.1 Å². The summed E-state index contributed by atoms with van der Waals surface area (Å²) in [4.78, 5) is 29.1. The Morgan fingerprint density at radius 2 is 1.87 bits per heavy atom. The van der Waals surface area contributed by atoms with Crippen molar-refractivity contribution in [2.75, 3.05) is 25.9 Å². The zero-order valence-electron chi connectivity index (χ0n) is 19.4. The van der Waals surface area contributed by atoms with Crippen molar-refractivity contribution in [1.29, 1.82) is 0 Å². The average Bonchev–Trinajstić information content (AvgIpc) is 3.39. The molecule has 2 aromatic heterocycles. The Labute approximate surface area is 209 Å². The lowest BCUT2D eigenvalue weighted by atomic mass is 10.1. The second-order valence-electron chi connectivity index (χ2n) is 8.45. The minimum Gasteiger partial charge on any atom is -0.496 e. The number of halogens is 7. The number of benzene rings is 1. The highest BCUT2D eigenvalue weighted by Crippen LogP contribution is 2.39. The summed E-state index contributed by atoms with van der Waals surface area (Å²) in [5, 5.41) is 6.16. The Kier molecular flexibility index (Phi) is 6.84. The number of anilines is 1. The lowest BCUT2D eigenvalue weighted by Crippen LogP contribution is -2.42. The van der Waals surface area contributed by atoms with Crippen LogP contribution in [0.15, 0.2) is 30.6 Å². The fourth-order valence-corrected chi connectivity index (χ4v) is 4.17. The number of fused-ring (bicyclic) bond motifs is 1. The number of methoxy groups -OCH3 is 1. The molecule has 0 saturated carbocycles. The molecule has 3 N–H and O–H groups in total. The van der Waals surface area contributed by atoms with Crippen LogP contribution in [0.25, 0.3) is 16.8 Å². The van der Waals surface area contributed by atoms with Gasteiger partial charge >= 0.3 is 12.4 Å². The summed E-state index contributed by atoms with van der Waals surface area (Å²) in [6.07, 6.45) is -12.2. The molecule has 1 aliphatic heterocycles. The lowest BCUT2D eigenvalue weighted by Gasteiger charge is -2.18. The van der Waals surface area contributed by atoms with Crippen molar-refractivity contribution in [2.24, 2.45) is 0 Å². The number of hydrogen-bond acceptors (Lipinski definition) is 6. The molecule has 1 aliphatic rings. The molecule has 0 unspecified atom stereocenters. The van der Waals surface area contributed by atoms with Gasteiger partial charge in [0.25, 0.3) is 5.91 Å². The Balaban J connectivity index is 1.65. The van der Waals surface area contributed by atoms with E-state index in [0.717, 1.165) is 16.9 Å². The number of aromatic nitrogens is 3. The van der Waals surface area contributed by atoms with Crippen LogP contribution in [-0.2, 0) is 11.0 Å². The van der Waals surface area contributed by atoms with Crippen LogP contribution in [0.4, 0.5) is 36.6 Å². The van der Waals surface area contributed by atoms with Crippen LogP contribution >= 0.6 is 0 Å². The summed E-state index contributed by atoms with van der Waals surface area (Å²) < 4.78 is 99.1. The first-order valence-electron chi connectivity index (χ1n) is 10.9. The first-order chi connectivity index (χ1) is 17.7. The van der Waals surface area contributed by atoms with E-state index >= 15 is 0 Å². The molecule has 4 rings (SSSR count). The van der Waals surface area contributed by atoms with E-state index in [1.54, 1.807) is 0 Å². The maximum absolute atomic E-state index is 14.5. The van der Waals surface area contributed by atoms with E-state index in [0.29, 0.717) is 4.90 Å². The predicted molar refractivity (Wildman–Crippen MR) is 118 cm³/mol. The van der Waals surface area contributed by atoms with E-state index in [2.05, 4.69) is 15.4 Å². The van der Waals surface area contributed by atoms with E-state index in [4.69, 9.17) is 10.5 Å². The molecule has 204 valence electrons. The van der Waals surface area contributed by atoms with Crippen molar-refractivity contribution in [3.8, 4) is 17.0 Å². The molecular formula is C22H19F7N6O3. The van der Waals surface area contributed by atoms with E-state index in [1.807, 2.05) is 0 Å². The molecule has 1 saturated heterocycles. The van der Waals surface area contributed by atoms with Gasteiger partial charge in [0.1, 0.15) is 30.2 Å². The molecule has 2 atom stereocenters. The summed E-state index contributed by atoms with van der Waals surface area (Å²) in [5.74, 6) is -2.70. The number of alkyl halides is 7. The van der Waals surface area contributed by atoms with Crippen LogP contribution in [0.1, 0.15) is 22.3 Å². The molecule has 0 spiro atoms. The maximum atomic E-state index is 14.5. The molecule has 1 fully saturated rings. The zero-order chi connectivity index (χ0) is 28.0. The van der Waals surface area contributed by atoms with Crippen LogP contribution in [0, 0.1) is 0 Å². The largest absolute Gasteiger partial charge is 0.496 e. The number of nitrogens with zero attached hydrogens (tertiary/aromatic N) is 4. The monoisotopic (exact) mass is 548 g/mol. The van der Waals surface area contributed by atoms with E-state index in [-0.39, 0.29) is 22.6 Å². The van der Waals surface area contributed by atoms with Crippen LogP contribution < -0.4 is 15.8 Å². The van der Waals surface area contributed by atoms with Gasteiger partial charge in [-0.1, -0.05) is 0 Å². The number of carbonyl (C=O) groups is 2. The van der Waals surface area contributed by atoms with Crippen LogP contribution in [0.2, 0.25) is 0 Å². The van der Waals surface area contributed by atoms with Crippen molar-refractivity contribution in [2.45, 2.75) is 31.0 Å². The topological polar surface area (TPSA) is 115 Å². The summed E-state index contributed by atoms with van der Waals surface area (Å²) in [5.41, 5.74) is 3.85. The lowest BCUT2D eigenvalue weighted by molar-refractivity contribution is -0.160. The number of nitrogen functional groups attached to an aromatic ring is 1. The Morgan fingerprint density at radius 1 is 1.16 bits per heavy atom. The van der Waals surface area contributed by atoms with Gasteiger partial charge in [-0.05, 0) is 24.3 Å². The smallest absolute Gasteiger partial charge is 0.418 e. The van der Waals surface area contributed by atoms with Crippen LogP contribution in [0.3, 0.4) is 0 Å². The second kappa shape index (κ2) is 9.64. The number of carbonyl (C=O) groups excluding carboxylic acids is 2. The molecule has 1 aromatic carbocycles. The van der Waals surface area contributed by atoms with E-state index in [1.165, 1.54) is 25.3 Å². The number of ether oxygens (including phenoxy) is 1. The van der Waals surface area contributed by atoms with Gasteiger partial charge in [-0.3, -0.25) is 9.59 Å². The summed E-state index contributed by atoms with van der Waals surface area (Å²) in [6.45, 7) is -1.15. The molecule has 16 heteroatoms. The second-order valence-corrected chi connectivity index (χ2v) is 8.45. The SMILES string of the molecule is COc1ccc(-c2cc(C(F)(F)F)c3c(N)ncnn23)cc1C(=O)N[C@@H]1CN(C(=O)CC(F)(F)F)C[C@@H]1F. The van der Waals surface area contributed by atoms with Gasteiger partial charge in [-0.2, -0.15) is 31.4 Å². The quantitative estimate of drug-likeness (QED) is 0.474. The molecule has 0 aliphatic carbocycles. The van der Waals surface area contributed by atoms with Gasteiger partial charge in [0, 0.05) is 12.1 Å². The fraction of sp³-hybridized carbons (Fsp3) is 0.364. The van der Waals surface area contributed by atoms with Crippen molar-refractivity contribution in [3.05, 3.63) is 41.7 Å². The third kappa shape index (κ3) is 5.28. The Morgan fingerprint density at radius 3 is 2.50 bits per heavy atom. The number of likely N-dealkylation sites (tertiary alicyclic amines) is 1. The van der Waals surface area contributed by atoms with Gasteiger partial charge in [0.05, 0.1) is 36.5 Å². The third-order valence-electron chi connectivity index (χ3n) is 5.90. The van der Waals surface area contributed by atoms with Crippen molar-refractivity contribution in [1.82, 2.24) is 24.8 Å². The van der Waals surface area contributed by atoms with Gasteiger partial charge < -0.3 is 20.7 Å². The van der Waals surface area contributed by atoms with Crippen molar-refractivity contribution in [3.63, 3.8) is 0 Å². The number of amides is 2. The molecule has 38 heavy (non-hydrogen) atoms. The summed E-state index contributed by atoms with van der Waals surface area (Å²) >= 11 is 0. The predicted octanol–water partition coefficient (Wildman–Crippen LogP) is 3.24. The summed E-state index contributed by atoms with van der Waals surface area (Å²) in [6, 6.07) is 3.29. The van der Waals surface area contributed by atoms with E-state index < -0.39 is 72.8 Å². The van der Waals surface area contributed by atoms with Gasteiger partial charge in [0.2, 0.25) is 5.91 Å². The Hall–Kier alpha value is -4.11. The molecular weight excluding hydrogens is 529 g/mol. The highest BCUT2D eigenvalue weighted by molar-refractivity contribution is 5.98. The van der Waals surface area contributed by atoms with Crippen LogP contribution in [0.5, 0.6) is 5.75 Å². The minimum atomic E-state index is -4.80. The van der Waals surface area contributed by atoms with Gasteiger partial charge in [0.15, 0.2) is 5.82 Å². The zero-order valence-corrected chi connectivity index (χ0v) is 19.4. The molecule has 0 bridgehead atoms. The highest BCUT2D eigenvalue weighted by Gasteiger charge is 2.41. The van der Waals surface area contributed by atoms with Crippen LogP contribution in [-0.4, -0.2) is 69.9 Å². The molecule has 0 radical (unpaired) electrons. The third-order valence-corrected chi connectivity index (χ3v) is 5.90. The first-order valence-corrected chi connectivity index (χ1v) is 10.9. The molecule has 2 amide bonds. The minimum absolute atomic E-state index is 0.0179. The molecule has 9 nitrogen and oxygen atoms in total. The summed E-state index contributed by atoms with van der Waals surface area (Å²) in [7, 11) is 1.22. The fourth-order valence-electron chi connectivity index (χ4n) is 4.17. The first kappa shape index (κ1) is 26.9. The number of nitrogens with one attached hydrogen (secondary N) is 1. The normalized spacial score (nSPS) is 18.2. The number of hydrogen-bond donors (Lipinski definition) is 2. The van der Waals surface area contributed by atoms with Gasteiger partial charge in [-0.25, -0.2) is 13.9 Å². The number of nitrogens with two attached hydrogens (primary N) is 1. The van der Waals surface area contributed by atoms with E-state index in [9.17, 15) is 40.3 Å². The molecule has 3 heterocycles. The molecule has 3 aromatic rings. The number of rotatable bonds is 5. The standard InChI is InChI=1S/C22H19F7N6O3/c1-38-16-3-2-10(15-5-12(22(27,28)29)18-19(30)31-9-32-35(15)18)4-11(16)20(37)33-14-8-34(7-13(14)23)17(36)6-21(24,25)26/h2-5,9,13-14H,6-8H2,1H3,(H,33,37)(H2,30,31,32)/t13-,14+/m0/s1.